The van der Waals surface area contributed by atoms with Crippen LogP contribution in [-0.4, -0.2) is 48.1 Å². The molecule has 3 amide bonds. The van der Waals surface area contributed by atoms with Crippen molar-refractivity contribution in [1.29, 1.82) is 0 Å². The number of carbonyl (C=O) groups is 2. The van der Waals surface area contributed by atoms with Crippen LogP contribution in [0.3, 0.4) is 0 Å². The van der Waals surface area contributed by atoms with Crippen LogP contribution in [0.4, 0.5) is 16.3 Å². The molecule has 1 aromatic heterocycles. The van der Waals surface area contributed by atoms with E-state index >= 15 is 0 Å². The Balaban J connectivity index is 2.36. The molecule has 1 aromatic carbocycles. The molecule has 26 heavy (non-hydrogen) atoms. The molecule has 0 spiro atoms. The molecule has 9 nitrogen and oxygen atoms in total. The summed E-state index contributed by atoms with van der Waals surface area (Å²) in [5.41, 5.74) is 0.319. The number of aromatic nitrogens is 2. The minimum atomic E-state index is -4.67. The highest BCUT2D eigenvalue weighted by Crippen LogP contribution is 2.37. The maximum atomic E-state index is 13.4. The van der Waals surface area contributed by atoms with Gasteiger partial charge in [0.15, 0.2) is 11.5 Å². The molecule has 1 atom stereocenters. The first-order chi connectivity index (χ1) is 12.2. The third-order valence-electron chi connectivity index (χ3n) is 4.35. The van der Waals surface area contributed by atoms with Crippen LogP contribution < -0.4 is 9.38 Å². The zero-order chi connectivity index (χ0) is 19.3. The quantitative estimate of drug-likeness (QED) is 0.492. The van der Waals surface area contributed by atoms with Gasteiger partial charge in [-0.15, -0.1) is 4.48 Å². The van der Waals surface area contributed by atoms with Crippen molar-refractivity contribution in [1.82, 2.24) is 14.0 Å². The van der Waals surface area contributed by atoms with Crippen molar-refractivity contribution in [3.63, 3.8) is 0 Å². The van der Waals surface area contributed by atoms with Crippen molar-refractivity contribution in [2.45, 2.75) is 5.16 Å². The van der Waals surface area contributed by atoms with E-state index in [4.69, 9.17) is 0 Å². The molecule has 10 heteroatoms. The molecule has 0 radical (unpaired) electrons. The fourth-order valence-corrected chi connectivity index (χ4v) is 3.79. The summed E-state index contributed by atoms with van der Waals surface area (Å²) in [6.07, 6.45) is 1.45. The van der Waals surface area contributed by atoms with Crippen molar-refractivity contribution in [2.75, 3.05) is 18.5 Å². The molecule has 2 aromatic rings. The van der Waals surface area contributed by atoms with Crippen molar-refractivity contribution in [3.8, 4) is 0 Å². The number of imide groups is 1. The van der Waals surface area contributed by atoms with Crippen LogP contribution in [0.1, 0.15) is 10.5 Å². The summed E-state index contributed by atoms with van der Waals surface area (Å²) in [6, 6.07) is 7.82. The van der Waals surface area contributed by atoms with Crippen molar-refractivity contribution in [3.05, 3.63) is 48.7 Å². The van der Waals surface area contributed by atoms with E-state index in [-0.39, 0.29) is 18.1 Å². The summed E-state index contributed by atoms with van der Waals surface area (Å²) in [6.45, 7) is 3.62. The molecule has 0 saturated carbocycles. The third kappa shape index (κ3) is 2.30. The highest BCUT2D eigenvalue weighted by Gasteiger charge is 2.56. The zero-order valence-corrected chi connectivity index (χ0v) is 15.0. The summed E-state index contributed by atoms with van der Waals surface area (Å²) >= 11 is 0. The second-order valence-corrected chi connectivity index (χ2v) is 7.18. The van der Waals surface area contributed by atoms with Gasteiger partial charge >= 0.3 is 22.1 Å². The lowest BCUT2D eigenvalue weighted by Crippen LogP contribution is -2.66. The molecule has 1 N–H and O–H groups in total. The largest absolute Gasteiger partial charge is 0.437 e. The number of hydrogen-bond acceptors (Lipinski definition) is 5. The second kappa shape index (κ2) is 5.87. The van der Waals surface area contributed by atoms with Crippen LogP contribution in [0.25, 0.3) is 0 Å². The minimum Gasteiger partial charge on any atom is -0.307 e. The molecule has 3 rings (SSSR count). The van der Waals surface area contributed by atoms with Gasteiger partial charge in [0.2, 0.25) is 0 Å². The summed E-state index contributed by atoms with van der Waals surface area (Å²) < 4.78 is 32.7. The van der Waals surface area contributed by atoms with Crippen LogP contribution in [-0.2, 0) is 17.2 Å². The number of benzene rings is 1. The van der Waals surface area contributed by atoms with Gasteiger partial charge in [0.25, 0.3) is 5.16 Å². The first kappa shape index (κ1) is 18.0. The number of carbonyl (C=O) groups excluding carboxylic acids is 2. The smallest absolute Gasteiger partial charge is 0.307 e. The second-order valence-electron chi connectivity index (χ2n) is 5.86. The Labute approximate surface area is 150 Å². The number of quaternary nitrogens is 1. The monoisotopic (exact) mass is 377 g/mol. The average molecular weight is 377 g/mol. The van der Waals surface area contributed by atoms with Crippen molar-refractivity contribution >= 4 is 33.6 Å². The number of para-hydroxylation sites is 1. The van der Waals surface area contributed by atoms with Gasteiger partial charge in [-0.2, -0.15) is 13.4 Å². The zero-order valence-electron chi connectivity index (χ0n) is 14.2. The molecule has 0 bridgehead atoms. The van der Waals surface area contributed by atoms with Gasteiger partial charge in [0.1, 0.15) is 12.2 Å². The van der Waals surface area contributed by atoms with Crippen molar-refractivity contribution < 1.29 is 22.6 Å². The number of nitrogens with zero attached hydrogens (tertiary/aromatic N) is 4. The lowest BCUT2D eigenvalue weighted by molar-refractivity contribution is 0.0807. The Morgan fingerprint density at radius 2 is 1.85 bits per heavy atom. The fourth-order valence-electron chi connectivity index (χ4n) is 3.15. The number of fused-ring (bicyclic) bond motifs is 1. The molecular formula is C16H17N4O5S+. The Morgan fingerprint density at radius 1 is 1.23 bits per heavy atom. The Kier molecular flexibility index (Phi) is 4.06. The van der Waals surface area contributed by atoms with E-state index in [0.29, 0.717) is 5.69 Å². The number of imidazole rings is 1. The fraction of sp³-hybridized carbons (Fsp3) is 0.188. The van der Waals surface area contributed by atoms with E-state index in [2.05, 4.69) is 11.6 Å². The molecule has 0 saturated heterocycles. The van der Waals surface area contributed by atoms with Crippen LogP contribution in [0.5, 0.6) is 0 Å². The molecule has 0 fully saturated rings. The van der Waals surface area contributed by atoms with E-state index < -0.39 is 31.7 Å². The third-order valence-corrected chi connectivity index (χ3v) is 5.17. The highest BCUT2D eigenvalue weighted by atomic mass is 32.2. The number of amides is 3. The van der Waals surface area contributed by atoms with E-state index in [1.54, 1.807) is 30.3 Å². The standard InChI is InChI=1S/C16H16N4O5S/c1-4-10-20(11-8-6-5-7-9-11)14(21)12-13(19(3)16(20)22)17-15(18(12)2)26(23,24)25/h4-9H,1,10H2,2-3H3/p+1. The average Bonchev–Trinajstić information content (AvgIpc) is 2.95. The predicted molar refractivity (Wildman–Crippen MR) is 94.5 cm³/mol. The van der Waals surface area contributed by atoms with Crippen LogP contribution >= 0.6 is 0 Å². The SMILES string of the molecule is C=CC[N+]1(c2ccccc2)C(=O)c2c(nc(S(=O)(=O)O)n2C)N(C)C1=O. The molecule has 1 aliphatic heterocycles. The first-order valence-corrected chi connectivity index (χ1v) is 9.02. The van der Waals surface area contributed by atoms with Gasteiger partial charge in [0, 0.05) is 26.2 Å². The van der Waals surface area contributed by atoms with E-state index in [0.717, 1.165) is 9.47 Å². The topological polar surface area (TPSA) is 110 Å². The number of anilines is 1. The highest BCUT2D eigenvalue weighted by molar-refractivity contribution is 7.85. The first-order valence-electron chi connectivity index (χ1n) is 7.58. The Hall–Kier alpha value is -2.82. The molecule has 2 heterocycles. The van der Waals surface area contributed by atoms with Gasteiger partial charge in [-0.3, -0.25) is 4.55 Å². The summed E-state index contributed by atoms with van der Waals surface area (Å²) in [5.74, 6) is -0.775. The van der Waals surface area contributed by atoms with Gasteiger partial charge in [-0.05, 0) is 6.08 Å². The number of urea groups is 1. The normalized spacial score (nSPS) is 20.2. The lowest BCUT2D eigenvalue weighted by atomic mass is 10.1. The number of hydrogen-bond donors (Lipinski definition) is 1. The van der Waals surface area contributed by atoms with E-state index in [1.807, 2.05) is 0 Å². The van der Waals surface area contributed by atoms with Crippen LogP contribution in [0, 0.1) is 0 Å². The predicted octanol–water partition coefficient (Wildman–Crippen LogP) is 1.57. The summed E-state index contributed by atoms with van der Waals surface area (Å²) in [7, 11) is -1.98. The van der Waals surface area contributed by atoms with Gasteiger partial charge in [-0.25, -0.2) is 14.5 Å². The molecule has 0 aliphatic carbocycles. The van der Waals surface area contributed by atoms with E-state index in [9.17, 15) is 22.6 Å². The molecule has 1 unspecified atom stereocenters. The van der Waals surface area contributed by atoms with Crippen LogP contribution in [0.15, 0.2) is 48.1 Å². The van der Waals surface area contributed by atoms with Gasteiger partial charge < -0.3 is 4.57 Å². The van der Waals surface area contributed by atoms with Gasteiger partial charge in [-0.1, -0.05) is 24.8 Å². The summed E-state index contributed by atoms with van der Waals surface area (Å²) in [4.78, 5) is 31.4. The maximum absolute atomic E-state index is 13.4. The maximum Gasteiger partial charge on any atom is 0.437 e. The van der Waals surface area contributed by atoms with Crippen LogP contribution in [0.2, 0.25) is 0 Å². The molecular weight excluding hydrogens is 360 g/mol. The lowest BCUT2D eigenvalue weighted by Gasteiger charge is -2.37. The van der Waals surface area contributed by atoms with Gasteiger partial charge in [0.05, 0.1) is 0 Å². The van der Waals surface area contributed by atoms with E-state index in [1.165, 1.54) is 20.2 Å². The van der Waals surface area contributed by atoms with Crippen molar-refractivity contribution in [2.24, 2.45) is 7.05 Å². The Morgan fingerprint density at radius 3 is 2.38 bits per heavy atom. The summed E-state index contributed by atoms with van der Waals surface area (Å²) in [5, 5.41) is -0.706. The molecule has 1 aliphatic rings. The Bertz CT molecular complexity index is 1030. The molecule has 136 valence electrons. The minimum absolute atomic E-state index is 0.0299. The number of rotatable bonds is 4.